The van der Waals surface area contributed by atoms with Gasteiger partial charge in [-0.1, -0.05) is 23.2 Å². The van der Waals surface area contributed by atoms with E-state index in [-0.39, 0.29) is 29.4 Å². The van der Waals surface area contributed by atoms with Crippen LogP contribution in [0.1, 0.15) is 16.8 Å². The summed E-state index contributed by atoms with van der Waals surface area (Å²) < 4.78 is 5.12. The van der Waals surface area contributed by atoms with Gasteiger partial charge in [-0.3, -0.25) is 9.59 Å². The Labute approximate surface area is 102 Å². The third-order valence-electron chi connectivity index (χ3n) is 1.73. The molecule has 0 saturated carbocycles. The van der Waals surface area contributed by atoms with E-state index in [1.54, 1.807) is 0 Å². The molecule has 0 unspecified atom stereocenters. The Morgan fingerprint density at radius 3 is 2.69 bits per heavy atom. The van der Waals surface area contributed by atoms with Crippen molar-refractivity contribution in [2.24, 2.45) is 0 Å². The Kier molecular flexibility index (Phi) is 4.58. The van der Waals surface area contributed by atoms with Gasteiger partial charge < -0.3 is 9.84 Å². The molecule has 0 spiro atoms. The van der Waals surface area contributed by atoms with Gasteiger partial charge in [0.05, 0.1) is 23.6 Å². The van der Waals surface area contributed by atoms with Crippen LogP contribution < -0.4 is 4.74 Å². The van der Waals surface area contributed by atoms with E-state index in [4.69, 9.17) is 33.0 Å². The van der Waals surface area contributed by atoms with Crippen LogP contribution in [0, 0.1) is 0 Å². The van der Waals surface area contributed by atoms with Gasteiger partial charge in [-0.2, -0.15) is 0 Å². The van der Waals surface area contributed by atoms with Crippen molar-refractivity contribution in [2.45, 2.75) is 6.42 Å². The molecule has 1 aromatic rings. The van der Waals surface area contributed by atoms with Crippen LogP contribution in [-0.4, -0.2) is 24.0 Å². The van der Waals surface area contributed by atoms with Crippen molar-refractivity contribution in [1.82, 2.24) is 0 Å². The maximum absolute atomic E-state index is 10.7. The highest BCUT2D eigenvalue weighted by Gasteiger charge is 2.10. The zero-order valence-electron chi connectivity index (χ0n) is 8.07. The minimum atomic E-state index is -0.988. The average Bonchev–Trinajstić information content (AvgIpc) is 2.20. The quantitative estimate of drug-likeness (QED) is 0.829. The van der Waals surface area contributed by atoms with Crippen molar-refractivity contribution < 1.29 is 19.4 Å². The summed E-state index contributed by atoms with van der Waals surface area (Å²) in [4.78, 5) is 21.0. The molecule has 1 aromatic carbocycles. The minimum Gasteiger partial charge on any atom is -0.491 e. The van der Waals surface area contributed by atoms with E-state index in [1.807, 2.05) is 0 Å². The van der Waals surface area contributed by atoms with E-state index in [0.29, 0.717) is 11.3 Å². The Morgan fingerprint density at radius 1 is 1.44 bits per heavy atom. The van der Waals surface area contributed by atoms with E-state index >= 15 is 0 Å². The number of hydrogen-bond donors (Lipinski definition) is 1. The Balaban J connectivity index is 2.85. The monoisotopic (exact) mass is 262 g/mol. The minimum absolute atomic E-state index is 0.0580. The molecule has 6 heteroatoms. The molecular formula is C10H8Cl2O4. The fourth-order valence-electron chi connectivity index (χ4n) is 1.06. The highest BCUT2D eigenvalue weighted by molar-refractivity contribution is 6.36. The van der Waals surface area contributed by atoms with Crippen LogP contribution in [-0.2, 0) is 4.79 Å². The predicted molar refractivity (Wildman–Crippen MR) is 59.6 cm³/mol. The van der Waals surface area contributed by atoms with E-state index in [2.05, 4.69) is 0 Å². The molecule has 0 heterocycles. The van der Waals surface area contributed by atoms with Gasteiger partial charge in [-0.15, -0.1) is 0 Å². The number of carbonyl (C=O) groups excluding carboxylic acids is 1. The van der Waals surface area contributed by atoms with Gasteiger partial charge in [0.25, 0.3) is 0 Å². The van der Waals surface area contributed by atoms with Crippen LogP contribution >= 0.6 is 23.2 Å². The van der Waals surface area contributed by atoms with Crippen LogP contribution in [0.4, 0.5) is 0 Å². The van der Waals surface area contributed by atoms with E-state index in [0.717, 1.165) is 0 Å². The number of carboxylic acids is 1. The molecule has 0 aromatic heterocycles. The fourth-order valence-corrected chi connectivity index (χ4v) is 1.62. The Morgan fingerprint density at radius 2 is 2.12 bits per heavy atom. The zero-order chi connectivity index (χ0) is 12.1. The second-order valence-electron chi connectivity index (χ2n) is 2.92. The molecule has 0 saturated heterocycles. The average molecular weight is 263 g/mol. The summed E-state index contributed by atoms with van der Waals surface area (Å²) in [5, 5.41) is 8.93. The highest BCUT2D eigenvalue weighted by atomic mass is 35.5. The van der Waals surface area contributed by atoms with E-state index in [9.17, 15) is 9.59 Å². The van der Waals surface area contributed by atoms with Crippen LogP contribution in [0.5, 0.6) is 5.75 Å². The largest absolute Gasteiger partial charge is 0.491 e. The van der Waals surface area contributed by atoms with Gasteiger partial charge >= 0.3 is 5.97 Å². The lowest BCUT2D eigenvalue weighted by atomic mass is 10.2. The van der Waals surface area contributed by atoms with Gasteiger partial charge in [0.1, 0.15) is 5.75 Å². The Bertz CT molecular complexity index is 418. The van der Waals surface area contributed by atoms with Crippen molar-refractivity contribution in [3.05, 3.63) is 27.7 Å². The molecule has 4 nitrogen and oxygen atoms in total. The standard InChI is InChI=1S/C10H8Cl2O4/c11-7-3-6(5-13)10(8(12)4-7)16-2-1-9(14)15/h3-5H,1-2H2,(H,14,15). The lowest BCUT2D eigenvalue weighted by Gasteiger charge is -2.09. The second-order valence-corrected chi connectivity index (χ2v) is 3.76. The summed E-state index contributed by atoms with van der Waals surface area (Å²) in [6.45, 7) is -0.0580. The van der Waals surface area contributed by atoms with Crippen molar-refractivity contribution in [3.8, 4) is 5.75 Å². The lowest BCUT2D eigenvalue weighted by Crippen LogP contribution is -2.06. The number of hydrogen-bond acceptors (Lipinski definition) is 3. The normalized spacial score (nSPS) is 9.88. The molecule has 86 valence electrons. The molecule has 1 N–H and O–H groups in total. The maximum atomic E-state index is 10.7. The summed E-state index contributed by atoms with van der Waals surface area (Å²) in [7, 11) is 0. The third-order valence-corrected chi connectivity index (χ3v) is 2.23. The molecule has 0 amide bonds. The van der Waals surface area contributed by atoms with Gasteiger partial charge in [0.15, 0.2) is 6.29 Å². The molecule has 0 aliphatic rings. The smallest absolute Gasteiger partial charge is 0.306 e. The Hall–Kier alpha value is -1.26. The number of aldehydes is 1. The second kappa shape index (κ2) is 5.72. The first-order valence-corrected chi connectivity index (χ1v) is 5.09. The molecule has 1 rings (SSSR count). The lowest BCUT2D eigenvalue weighted by molar-refractivity contribution is -0.137. The van der Waals surface area contributed by atoms with Crippen LogP contribution in [0.3, 0.4) is 0 Å². The predicted octanol–water partition coefficient (Wildman–Crippen LogP) is 2.66. The summed E-state index contributed by atoms with van der Waals surface area (Å²) >= 11 is 11.5. The zero-order valence-corrected chi connectivity index (χ0v) is 9.59. The first kappa shape index (κ1) is 12.8. The van der Waals surface area contributed by atoms with Gasteiger partial charge in [0.2, 0.25) is 0 Å². The fraction of sp³-hybridized carbons (Fsp3) is 0.200. The van der Waals surface area contributed by atoms with Crippen LogP contribution in [0.25, 0.3) is 0 Å². The third kappa shape index (κ3) is 3.40. The molecule has 0 aliphatic carbocycles. The molecule has 0 radical (unpaired) electrons. The number of ether oxygens (including phenoxy) is 1. The molecule has 16 heavy (non-hydrogen) atoms. The van der Waals surface area contributed by atoms with Crippen molar-refractivity contribution in [1.29, 1.82) is 0 Å². The summed E-state index contributed by atoms with van der Waals surface area (Å²) in [5.74, 6) is -0.833. The number of carbonyl (C=O) groups is 2. The first-order valence-electron chi connectivity index (χ1n) is 4.33. The van der Waals surface area contributed by atoms with Crippen molar-refractivity contribution >= 4 is 35.5 Å². The molecular weight excluding hydrogens is 255 g/mol. The topological polar surface area (TPSA) is 63.6 Å². The molecule has 0 aliphatic heterocycles. The summed E-state index contributed by atoms with van der Waals surface area (Å²) in [6.07, 6.45) is 0.380. The van der Waals surface area contributed by atoms with Gasteiger partial charge in [-0.25, -0.2) is 0 Å². The van der Waals surface area contributed by atoms with Gasteiger partial charge in [0, 0.05) is 5.02 Å². The highest BCUT2D eigenvalue weighted by Crippen LogP contribution is 2.31. The van der Waals surface area contributed by atoms with E-state index < -0.39 is 5.97 Å². The summed E-state index contributed by atoms with van der Waals surface area (Å²) in [6, 6.07) is 2.82. The van der Waals surface area contributed by atoms with Crippen LogP contribution in [0.15, 0.2) is 12.1 Å². The molecule has 0 bridgehead atoms. The van der Waals surface area contributed by atoms with Crippen molar-refractivity contribution in [3.63, 3.8) is 0 Å². The number of rotatable bonds is 5. The number of benzene rings is 1. The number of aliphatic carboxylic acids is 1. The number of halogens is 2. The number of carboxylic acid groups (broad SMARTS) is 1. The van der Waals surface area contributed by atoms with Crippen molar-refractivity contribution in [2.75, 3.05) is 6.61 Å². The molecule has 0 fully saturated rings. The summed E-state index contributed by atoms with van der Waals surface area (Å²) in [5.41, 5.74) is 0.197. The SMILES string of the molecule is O=Cc1cc(Cl)cc(Cl)c1OCCC(=O)O. The molecule has 0 atom stereocenters. The maximum Gasteiger partial charge on any atom is 0.306 e. The van der Waals surface area contributed by atoms with Crippen LogP contribution in [0.2, 0.25) is 10.0 Å². The van der Waals surface area contributed by atoms with E-state index in [1.165, 1.54) is 12.1 Å². The first-order chi connectivity index (χ1) is 7.54. The van der Waals surface area contributed by atoms with Gasteiger partial charge in [-0.05, 0) is 12.1 Å².